The van der Waals surface area contributed by atoms with Crippen molar-refractivity contribution >= 4 is 11.8 Å². The summed E-state index contributed by atoms with van der Waals surface area (Å²) in [5.74, 6) is 0. The van der Waals surface area contributed by atoms with Gasteiger partial charge in [0.15, 0.2) is 0 Å². The van der Waals surface area contributed by atoms with Crippen molar-refractivity contribution in [2.75, 3.05) is 12.8 Å². The van der Waals surface area contributed by atoms with Crippen LogP contribution in [0.4, 0.5) is 0 Å². The van der Waals surface area contributed by atoms with Gasteiger partial charge in [-0.3, -0.25) is 0 Å². The quantitative estimate of drug-likeness (QED) is 0.807. The van der Waals surface area contributed by atoms with Gasteiger partial charge in [-0.1, -0.05) is 26.7 Å². The SMILES string of the molecule is CSC1(CNC2CCC(C)(C)CC2)CCCC1. The number of rotatable bonds is 4. The molecule has 0 aromatic carbocycles. The molecule has 2 rings (SSSR count). The molecule has 17 heavy (non-hydrogen) atoms. The van der Waals surface area contributed by atoms with Crippen molar-refractivity contribution in [1.29, 1.82) is 0 Å². The minimum atomic E-state index is 0.576. The van der Waals surface area contributed by atoms with Crippen LogP contribution in [0, 0.1) is 5.41 Å². The third-order valence-corrected chi connectivity index (χ3v) is 6.42. The Bertz CT molecular complexity index is 233. The van der Waals surface area contributed by atoms with E-state index in [0.29, 0.717) is 10.2 Å². The molecule has 0 unspecified atom stereocenters. The molecule has 100 valence electrons. The van der Waals surface area contributed by atoms with E-state index in [9.17, 15) is 0 Å². The van der Waals surface area contributed by atoms with Crippen LogP contribution in [0.1, 0.15) is 65.2 Å². The zero-order valence-electron chi connectivity index (χ0n) is 11.8. The maximum atomic E-state index is 3.87. The summed E-state index contributed by atoms with van der Waals surface area (Å²) in [6.45, 7) is 6.09. The first-order valence-electron chi connectivity index (χ1n) is 7.34. The zero-order chi connectivity index (χ0) is 12.4. The van der Waals surface area contributed by atoms with Gasteiger partial charge in [-0.2, -0.15) is 11.8 Å². The normalized spacial score (nSPS) is 28.4. The Kier molecular flexibility index (Phi) is 4.46. The first-order chi connectivity index (χ1) is 8.05. The minimum absolute atomic E-state index is 0.576. The number of hydrogen-bond acceptors (Lipinski definition) is 2. The van der Waals surface area contributed by atoms with E-state index in [-0.39, 0.29) is 0 Å². The average Bonchev–Trinajstić information content (AvgIpc) is 2.77. The second-order valence-corrected chi connectivity index (χ2v) is 8.19. The summed E-state index contributed by atoms with van der Waals surface area (Å²) >= 11 is 2.11. The third kappa shape index (κ3) is 3.64. The summed E-state index contributed by atoms with van der Waals surface area (Å²) in [5.41, 5.74) is 0.600. The standard InChI is InChI=1S/C15H29NS/c1-14(2)10-6-13(7-11-14)16-12-15(17-3)8-4-5-9-15/h13,16H,4-12H2,1-3H3. The molecule has 2 aliphatic rings. The summed E-state index contributed by atoms with van der Waals surface area (Å²) < 4.78 is 0.576. The summed E-state index contributed by atoms with van der Waals surface area (Å²) in [6.07, 6.45) is 13.6. The van der Waals surface area contributed by atoms with Crippen molar-refractivity contribution in [2.45, 2.75) is 76.0 Å². The second kappa shape index (κ2) is 5.52. The highest BCUT2D eigenvalue weighted by Crippen LogP contribution is 2.40. The first kappa shape index (κ1) is 13.7. The van der Waals surface area contributed by atoms with Crippen molar-refractivity contribution in [3.63, 3.8) is 0 Å². The molecule has 0 aliphatic heterocycles. The van der Waals surface area contributed by atoms with Gasteiger partial charge in [-0.05, 0) is 50.2 Å². The van der Waals surface area contributed by atoms with Crippen molar-refractivity contribution in [2.24, 2.45) is 5.41 Å². The fraction of sp³-hybridized carbons (Fsp3) is 1.00. The molecule has 0 radical (unpaired) electrons. The van der Waals surface area contributed by atoms with Gasteiger partial charge in [-0.25, -0.2) is 0 Å². The van der Waals surface area contributed by atoms with Gasteiger partial charge in [0.1, 0.15) is 0 Å². The highest BCUT2D eigenvalue weighted by Gasteiger charge is 2.34. The molecule has 1 nitrogen and oxygen atoms in total. The Morgan fingerprint density at radius 1 is 1.06 bits per heavy atom. The molecule has 1 N–H and O–H groups in total. The lowest BCUT2D eigenvalue weighted by Crippen LogP contribution is -2.43. The Balaban J connectivity index is 1.75. The van der Waals surface area contributed by atoms with Gasteiger partial charge in [0.05, 0.1) is 0 Å². The fourth-order valence-corrected chi connectivity index (χ4v) is 4.33. The van der Waals surface area contributed by atoms with Crippen LogP contribution in [-0.4, -0.2) is 23.6 Å². The molecule has 2 heteroatoms. The van der Waals surface area contributed by atoms with Crippen LogP contribution in [-0.2, 0) is 0 Å². The largest absolute Gasteiger partial charge is 0.313 e. The molecule has 0 heterocycles. The fourth-order valence-electron chi connectivity index (χ4n) is 3.41. The van der Waals surface area contributed by atoms with Crippen LogP contribution in [0.25, 0.3) is 0 Å². The third-order valence-electron chi connectivity index (χ3n) is 5.00. The molecule has 2 aliphatic carbocycles. The van der Waals surface area contributed by atoms with E-state index >= 15 is 0 Å². The van der Waals surface area contributed by atoms with Crippen LogP contribution in [0.2, 0.25) is 0 Å². The summed E-state index contributed by atoms with van der Waals surface area (Å²) in [7, 11) is 0. The minimum Gasteiger partial charge on any atom is -0.313 e. The Labute approximate surface area is 112 Å². The lowest BCUT2D eigenvalue weighted by molar-refractivity contribution is 0.204. The number of nitrogens with one attached hydrogen (secondary N) is 1. The smallest absolute Gasteiger partial charge is 0.0281 e. The molecule has 2 saturated carbocycles. The van der Waals surface area contributed by atoms with E-state index in [1.807, 2.05) is 0 Å². The molecule has 0 amide bonds. The van der Waals surface area contributed by atoms with E-state index in [2.05, 4.69) is 37.2 Å². The van der Waals surface area contributed by atoms with E-state index in [1.165, 1.54) is 57.9 Å². The molecule has 0 atom stereocenters. The molecule has 0 bridgehead atoms. The first-order valence-corrected chi connectivity index (χ1v) is 8.56. The highest BCUT2D eigenvalue weighted by molar-refractivity contribution is 8.00. The van der Waals surface area contributed by atoms with Crippen molar-refractivity contribution in [1.82, 2.24) is 5.32 Å². The number of thioether (sulfide) groups is 1. The van der Waals surface area contributed by atoms with Crippen LogP contribution in [0.3, 0.4) is 0 Å². The van der Waals surface area contributed by atoms with Crippen LogP contribution in [0.15, 0.2) is 0 Å². The molecule has 0 spiro atoms. The van der Waals surface area contributed by atoms with Gasteiger partial charge >= 0.3 is 0 Å². The maximum Gasteiger partial charge on any atom is 0.0281 e. The molecular weight excluding hydrogens is 226 g/mol. The number of hydrogen-bond donors (Lipinski definition) is 1. The summed E-state index contributed by atoms with van der Waals surface area (Å²) in [5, 5.41) is 3.87. The molecular formula is C15H29NS. The van der Waals surface area contributed by atoms with E-state index in [1.54, 1.807) is 0 Å². The molecule has 0 aromatic rings. The highest BCUT2D eigenvalue weighted by atomic mass is 32.2. The second-order valence-electron chi connectivity index (χ2n) is 6.91. The maximum absolute atomic E-state index is 3.87. The Morgan fingerprint density at radius 2 is 1.65 bits per heavy atom. The van der Waals surface area contributed by atoms with Gasteiger partial charge in [0.2, 0.25) is 0 Å². The molecule has 2 fully saturated rings. The van der Waals surface area contributed by atoms with Crippen molar-refractivity contribution in [3.8, 4) is 0 Å². The Morgan fingerprint density at radius 3 is 2.18 bits per heavy atom. The van der Waals surface area contributed by atoms with E-state index in [4.69, 9.17) is 0 Å². The zero-order valence-corrected chi connectivity index (χ0v) is 12.7. The summed E-state index contributed by atoms with van der Waals surface area (Å²) in [4.78, 5) is 0. The predicted molar refractivity (Wildman–Crippen MR) is 78.8 cm³/mol. The Hall–Kier alpha value is 0.310. The lowest BCUT2D eigenvalue weighted by Gasteiger charge is -2.37. The van der Waals surface area contributed by atoms with Crippen molar-refractivity contribution in [3.05, 3.63) is 0 Å². The molecule has 0 aromatic heterocycles. The topological polar surface area (TPSA) is 12.0 Å². The molecule has 0 saturated heterocycles. The van der Waals surface area contributed by atoms with Crippen molar-refractivity contribution < 1.29 is 0 Å². The lowest BCUT2D eigenvalue weighted by atomic mass is 9.75. The predicted octanol–water partition coefficient (Wildman–Crippen LogP) is 4.22. The van der Waals surface area contributed by atoms with E-state index < -0.39 is 0 Å². The van der Waals surface area contributed by atoms with Crippen LogP contribution >= 0.6 is 11.8 Å². The van der Waals surface area contributed by atoms with E-state index in [0.717, 1.165) is 6.04 Å². The summed E-state index contributed by atoms with van der Waals surface area (Å²) in [6, 6.07) is 0.799. The van der Waals surface area contributed by atoms with Gasteiger partial charge in [0, 0.05) is 17.3 Å². The van der Waals surface area contributed by atoms with Crippen LogP contribution < -0.4 is 5.32 Å². The monoisotopic (exact) mass is 255 g/mol. The van der Waals surface area contributed by atoms with Gasteiger partial charge in [0.25, 0.3) is 0 Å². The van der Waals surface area contributed by atoms with Crippen LogP contribution in [0.5, 0.6) is 0 Å². The van der Waals surface area contributed by atoms with Gasteiger partial charge < -0.3 is 5.32 Å². The average molecular weight is 255 g/mol. The van der Waals surface area contributed by atoms with Gasteiger partial charge in [-0.15, -0.1) is 0 Å².